The van der Waals surface area contributed by atoms with E-state index in [2.05, 4.69) is 30.2 Å². The fourth-order valence-corrected chi connectivity index (χ4v) is 1.17. The molecule has 0 fully saturated rings. The normalized spacial score (nSPS) is 11.1. The Bertz CT molecular complexity index is 223. The first-order chi connectivity index (χ1) is 4.92. The molecule has 7 heteroatoms. The van der Waals surface area contributed by atoms with Crippen molar-refractivity contribution in [3.8, 4) is 0 Å². The quantitative estimate of drug-likeness (QED) is 0.268. The monoisotopic (exact) mass is 215 g/mol. The van der Waals surface area contributed by atoms with Crippen LogP contribution in [0.3, 0.4) is 0 Å². The third-order valence-corrected chi connectivity index (χ3v) is 1.96. The molecule has 11 heavy (non-hydrogen) atoms. The predicted molar refractivity (Wildman–Crippen MR) is 50.6 cm³/mol. The molecule has 0 bridgehead atoms. The van der Waals surface area contributed by atoms with Crippen LogP contribution in [0.15, 0.2) is 0 Å². The molecule has 2 N–H and O–H groups in total. The first-order valence-electron chi connectivity index (χ1n) is 2.84. The molecule has 0 saturated carbocycles. The van der Waals surface area contributed by atoms with Gasteiger partial charge in [0.2, 0.25) is 0 Å². The van der Waals surface area contributed by atoms with Crippen molar-refractivity contribution in [3.05, 3.63) is 0 Å². The maximum atomic E-state index is 10.2. The summed E-state index contributed by atoms with van der Waals surface area (Å²) in [7, 11) is -3.83. The molecule has 0 heterocycles. The SMILES string of the molecule is O=S(=O)(O)CCCNC(=S)S. The van der Waals surface area contributed by atoms with Gasteiger partial charge in [-0.2, -0.15) is 8.42 Å². The number of hydrogen-bond acceptors (Lipinski definition) is 3. The molecule has 0 aliphatic heterocycles. The minimum absolute atomic E-state index is 0.254. The fraction of sp³-hybridized carbons (Fsp3) is 0.750. The Morgan fingerprint density at radius 3 is 2.55 bits per heavy atom. The van der Waals surface area contributed by atoms with Gasteiger partial charge in [0.05, 0.1) is 5.75 Å². The molecule has 0 radical (unpaired) electrons. The Kier molecular flexibility index (Phi) is 4.98. The van der Waals surface area contributed by atoms with Gasteiger partial charge in [-0.1, -0.05) is 12.2 Å². The van der Waals surface area contributed by atoms with Crippen molar-refractivity contribution >= 4 is 39.3 Å². The number of thiocarbonyl (C=S) groups is 1. The van der Waals surface area contributed by atoms with E-state index in [1.807, 2.05) is 0 Å². The molecular formula is C4H9NO3S3. The van der Waals surface area contributed by atoms with Gasteiger partial charge in [0.25, 0.3) is 10.1 Å². The highest BCUT2D eigenvalue weighted by Gasteiger charge is 2.02. The average Bonchev–Trinajstić information content (AvgIpc) is 1.78. The topological polar surface area (TPSA) is 66.4 Å². The summed E-state index contributed by atoms with van der Waals surface area (Å²) in [5.74, 6) is -0.254. The highest BCUT2D eigenvalue weighted by Crippen LogP contribution is 1.87. The van der Waals surface area contributed by atoms with Crippen LogP contribution >= 0.6 is 24.8 Å². The summed E-state index contributed by atoms with van der Waals surface area (Å²) in [6.07, 6.45) is 0.319. The fourth-order valence-electron chi connectivity index (χ4n) is 0.450. The second-order valence-corrected chi connectivity index (χ2v) is 4.60. The van der Waals surface area contributed by atoms with Crippen LogP contribution in [-0.4, -0.2) is 29.6 Å². The minimum atomic E-state index is -3.83. The first-order valence-corrected chi connectivity index (χ1v) is 5.30. The Morgan fingerprint density at radius 2 is 2.18 bits per heavy atom. The van der Waals surface area contributed by atoms with E-state index in [4.69, 9.17) is 4.55 Å². The Hall–Kier alpha value is 0.150. The lowest BCUT2D eigenvalue weighted by molar-refractivity contribution is 0.481. The smallest absolute Gasteiger partial charge is 0.264 e. The van der Waals surface area contributed by atoms with Gasteiger partial charge in [-0.25, -0.2) is 0 Å². The van der Waals surface area contributed by atoms with E-state index >= 15 is 0 Å². The van der Waals surface area contributed by atoms with Crippen molar-refractivity contribution in [2.75, 3.05) is 12.3 Å². The van der Waals surface area contributed by atoms with Gasteiger partial charge in [0, 0.05) is 6.54 Å². The van der Waals surface area contributed by atoms with Gasteiger partial charge in [-0.15, -0.1) is 12.6 Å². The van der Waals surface area contributed by atoms with Gasteiger partial charge in [-0.05, 0) is 6.42 Å². The van der Waals surface area contributed by atoms with Crippen LogP contribution in [0, 0.1) is 0 Å². The van der Waals surface area contributed by atoms with Crippen molar-refractivity contribution in [3.63, 3.8) is 0 Å². The van der Waals surface area contributed by atoms with E-state index < -0.39 is 10.1 Å². The van der Waals surface area contributed by atoms with Crippen LogP contribution in [0.1, 0.15) is 6.42 Å². The largest absolute Gasteiger partial charge is 0.371 e. The van der Waals surface area contributed by atoms with Gasteiger partial charge in [-0.3, -0.25) is 4.55 Å². The molecule has 0 aromatic heterocycles. The Labute approximate surface area is 76.5 Å². The summed E-state index contributed by atoms with van der Waals surface area (Å²) in [4.78, 5) is 0. The summed E-state index contributed by atoms with van der Waals surface area (Å²) in [6, 6.07) is 0. The van der Waals surface area contributed by atoms with Crippen molar-refractivity contribution < 1.29 is 13.0 Å². The molecular weight excluding hydrogens is 206 g/mol. The standard InChI is InChI=1S/C4H9NO3S3/c6-11(7,8)3-1-2-5-4(9)10/h1-3H2,(H2,5,9,10)(H,6,7,8). The van der Waals surface area contributed by atoms with Crippen LogP contribution in [0.4, 0.5) is 0 Å². The maximum absolute atomic E-state index is 10.2. The third-order valence-electron chi connectivity index (χ3n) is 0.855. The van der Waals surface area contributed by atoms with Gasteiger partial charge < -0.3 is 5.32 Å². The molecule has 0 atom stereocenters. The Balaban J connectivity index is 3.37. The number of nitrogens with one attached hydrogen (secondary N) is 1. The van der Waals surface area contributed by atoms with Crippen LogP contribution in [0.25, 0.3) is 0 Å². The van der Waals surface area contributed by atoms with Gasteiger partial charge in [0.1, 0.15) is 4.32 Å². The lowest BCUT2D eigenvalue weighted by Gasteiger charge is -2.00. The molecule has 0 spiro atoms. The Morgan fingerprint density at radius 1 is 1.64 bits per heavy atom. The summed E-state index contributed by atoms with van der Waals surface area (Å²) < 4.78 is 28.9. The van der Waals surface area contributed by atoms with E-state index in [9.17, 15) is 8.42 Å². The van der Waals surface area contributed by atoms with Gasteiger partial charge >= 0.3 is 0 Å². The molecule has 4 nitrogen and oxygen atoms in total. The van der Waals surface area contributed by atoms with E-state index in [0.717, 1.165) is 0 Å². The molecule has 0 aliphatic rings. The molecule has 0 unspecified atom stereocenters. The highest BCUT2D eigenvalue weighted by molar-refractivity contribution is 8.11. The number of rotatable bonds is 4. The van der Waals surface area contributed by atoms with Crippen molar-refractivity contribution in [2.45, 2.75) is 6.42 Å². The van der Waals surface area contributed by atoms with Crippen LogP contribution in [-0.2, 0) is 10.1 Å². The van der Waals surface area contributed by atoms with Crippen molar-refractivity contribution in [1.82, 2.24) is 5.32 Å². The molecule has 0 aromatic rings. The third kappa shape index (κ3) is 10.2. The van der Waals surface area contributed by atoms with E-state index in [1.165, 1.54) is 0 Å². The lowest BCUT2D eigenvalue weighted by atomic mass is 10.5. The van der Waals surface area contributed by atoms with Crippen LogP contribution in [0.2, 0.25) is 0 Å². The highest BCUT2D eigenvalue weighted by atomic mass is 32.2. The molecule has 0 aromatic carbocycles. The van der Waals surface area contributed by atoms with E-state index in [0.29, 0.717) is 17.3 Å². The molecule has 0 saturated heterocycles. The van der Waals surface area contributed by atoms with Crippen LogP contribution < -0.4 is 5.32 Å². The summed E-state index contributed by atoms with van der Waals surface area (Å²) in [5.41, 5.74) is 0. The number of thiol groups is 1. The second kappa shape index (κ2) is 4.91. The molecule has 0 aliphatic carbocycles. The van der Waals surface area contributed by atoms with Crippen molar-refractivity contribution in [2.24, 2.45) is 0 Å². The first kappa shape index (κ1) is 11.2. The van der Waals surface area contributed by atoms with E-state index in [1.54, 1.807) is 0 Å². The summed E-state index contributed by atoms with van der Waals surface area (Å²) in [6.45, 7) is 0.405. The zero-order valence-corrected chi connectivity index (χ0v) is 8.18. The summed E-state index contributed by atoms with van der Waals surface area (Å²) in [5, 5.41) is 2.64. The summed E-state index contributed by atoms with van der Waals surface area (Å²) >= 11 is 8.30. The zero-order chi connectivity index (χ0) is 8.91. The molecule has 66 valence electrons. The van der Waals surface area contributed by atoms with Crippen LogP contribution in [0.5, 0.6) is 0 Å². The predicted octanol–water partition coefficient (Wildman–Crippen LogP) is 0.0686. The second-order valence-electron chi connectivity index (χ2n) is 1.87. The van der Waals surface area contributed by atoms with Crippen molar-refractivity contribution in [1.29, 1.82) is 0 Å². The molecule has 0 rings (SSSR count). The molecule has 0 amide bonds. The zero-order valence-electron chi connectivity index (χ0n) is 5.65. The lowest BCUT2D eigenvalue weighted by Crippen LogP contribution is -2.20. The van der Waals surface area contributed by atoms with E-state index in [-0.39, 0.29) is 5.75 Å². The van der Waals surface area contributed by atoms with Gasteiger partial charge in [0.15, 0.2) is 0 Å². The average molecular weight is 215 g/mol. The maximum Gasteiger partial charge on any atom is 0.264 e. The minimum Gasteiger partial charge on any atom is -0.371 e. The number of hydrogen-bond donors (Lipinski definition) is 3.